The predicted octanol–water partition coefficient (Wildman–Crippen LogP) is 1.52. The minimum atomic E-state index is -0.328. The molecule has 0 aromatic carbocycles. The molecule has 1 unspecified atom stereocenters. The number of carbonyl (C=O) groups is 2. The summed E-state index contributed by atoms with van der Waals surface area (Å²) in [6.07, 6.45) is 0. The van der Waals surface area contributed by atoms with Gasteiger partial charge in [0.1, 0.15) is 5.76 Å². The second-order valence-corrected chi connectivity index (χ2v) is 5.50. The molecular weight excluding hydrogens is 266 g/mol. The summed E-state index contributed by atoms with van der Waals surface area (Å²) in [5.74, 6) is 1.15. The Morgan fingerprint density at radius 1 is 1.58 bits per heavy atom. The lowest BCUT2D eigenvalue weighted by atomic mass is 10.4. The van der Waals surface area contributed by atoms with E-state index in [9.17, 15) is 9.59 Å². The van der Waals surface area contributed by atoms with Crippen molar-refractivity contribution < 1.29 is 14.1 Å². The van der Waals surface area contributed by atoms with Crippen LogP contribution in [-0.4, -0.2) is 46.5 Å². The van der Waals surface area contributed by atoms with Crippen molar-refractivity contribution in [2.24, 2.45) is 0 Å². The van der Waals surface area contributed by atoms with Gasteiger partial charge >= 0.3 is 0 Å². The molecule has 0 aliphatic heterocycles. The molecule has 0 aliphatic rings. The Hall–Kier alpha value is -1.50. The molecule has 0 saturated carbocycles. The summed E-state index contributed by atoms with van der Waals surface area (Å²) >= 11 is 1.30. The van der Waals surface area contributed by atoms with E-state index in [2.05, 4.69) is 10.5 Å². The van der Waals surface area contributed by atoms with Crippen LogP contribution in [0.5, 0.6) is 0 Å². The lowest BCUT2D eigenvalue weighted by Gasteiger charge is -2.15. The SMILES string of the molecule is CCN(C)C(=O)CSC(C)C(=O)Nc1cc(C)on1. The summed E-state index contributed by atoms with van der Waals surface area (Å²) in [6.45, 7) is 6.08. The highest BCUT2D eigenvalue weighted by Gasteiger charge is 2.17. The zero-order valence-electron chi connectivity index (χ0n) is 11.6. The summed E-state index contributed by atoms with van der Waals surface area (Å²) in [4.78, 5) is 25.1. The van der Waals surface area contributed by atoms with Crippen LogP contribution in [0.1, 0.15) is 19.6 Å². The van der Waals surface area contributed by atoms with Crippen molar-refractivity contribution in [1.82, 2.24) is 10.1 Å². The van der Waals surface area contributed by atoms with Gasteiger partial charge in [-0.25, -0.2) is 0 Å². The maximum absolute atomic E-state index is 11.8. The van der Waals surface area contributed by atoms with Gasteiger partial charge in [0, 0.05) is 19.7 Å². The first-order chi connectivity index (χ1) is 8.93. The van der Waals surface area contributed by atoms with Crippen molar-refractivity contribution in [2.45, 2.75) is 26.0 Å². The third-order valence-electron chi connectivity index (χ3n) is 2.61. The molecule has 0 spiro atoms. The zero-order chi connectivity index (χ0) is 14.4. The van der Waals surface area contributed by atoms with Gasteiger partial charge in [-0.1, -0.05) is 5.16 Å². The third-order valence-corrected chi connectivity index (χ3v) is 3.73. The number of rotatable bonds is 6. The molecule has 1 heterocycles. The van der Waals surface area contributed by atoms with Crippen LogP contribution in [0.15, 0.2) is 10.6 Å². The largest absolute Gasteiger partial charge is 0.360 e. The molecule has 0 saturated heterocycles. The van der Waals surface area contributed by atoms with Crippen LogP contribution in [0, 0.1) is 6.92 Å². The van der Waals surface area contributed by atoms with Crippen LogP contribution in [-0.2, 0) is 9.59 Å². The summed E-state index contributed by atoms with van der Waals surface area (Å²) in [7, 11) is 1.74. The van der Waals surface area contributed by atoms with Crippen LogP contribution in [0.4, 0.5) is 5.82 Å². The first kappa shape index (κ1) is 15.6. The minimum Gasteiger partial charge on any atom is -0.360 e. The molecule has 19 heavy (non-hydrogen) atoms. The highest BCUT2D eigenvalue weighted by molar-refractivity contribution is 8.01. The zero-order valence-corrected chi connectivity index (χ0v) is 12.4. The van der Waals surface area contributed by atoms with E-state index in [0.29, 0.717) is 18.1 Å². The smallest absolute Gasteiger partial charge is 0.238 e. The van der Waals surface area contributed by atoms with Crippen molar-refractivity contribution in [3.8, 4) is 0 Å². The summed E-state index contributed by atoms with van der Waals surface area (Å²) in [5.41, 5.74) is 0. The molecule has 106 valence electrons. The van der Waals surface area contributed by atoms with Crippen LogP contribution < -0.4 is 5.32 Å². The molecule has 7 heteroatoms. The fourth-order valence-corrected chi connectivity index (χ4v) is 2.03. The first-order valence-electron chi connectivity index (χ1n) is 6.03. The number of nitrogens with zero attached hydrogens (tertiary/aromatic N) is 2. The lowest BCUT2D eigenvalue weighted by Crippen LogP contribution is -2.30. The number of carbonyl (C=O) groups excluding carboxylic acids is 2. The molecule has 0 fully saturated rings. The van der Waals surface area contributed by atoms with Crippen molar-refractivity contribution in [3.63, 3.8) is 0 Å². The molecule has 2 amide bonds. The second-order valence-electron chi connectivity index (χ2n) is 4.17. The molecular formula is C12H19N3O3S. The summed E-state index contributed by atoms with van der Waals surface area (Å²) < 4.78 is 4.86. The third kappa shape index (κ3) is 4.94. The van der Waals surface area contributed by atoms with Gasteiger partial charge in [0.2, 0.25) is 11.8 Å². The highest BCUT2D eigenvalue weighted by atomic mass is 32.2. The van der Waals surface area contributed by atoms with Crippen molar-refractivity contribution in [2.75, 3.05) is 24.7 Å². The van der Waals surface area contributed by atoms with Gasteiger partial charge in [-0.15, -0.1) is 11.8 Å². The quantitative estimate of drug-likeness (QED) is 0.857. The van der Waals surface area contributed by atoms with Crippen LogP contribution >= 0.6 is 11.8 Å². The van der Waals surface area contributed by atoms with Gasteiger partial charge in [-0.2, -0.15) is 0 Å². The molecule has 1 aromatic rings. The molecule has 0 aliphatic carbocycles. The van der Waals surface area contributed by atoms with Gasteiger partial charge in [-0.05, 0) is 20.8 Å². The predicted molar refractivity (Wildman–Crippen MR) is 75.1 cm³/mol. The van der Waals surface area contributed by atoms with Crippen molar-refractivity contribution in [1.29, 1.82) is 0 Å². The van der Waals surface area contributed by atoms with Crippen LogP contribution in [0.2, 0.25) is 0 Å². The molecule has 1 atom stereocenters. The fourth-order valence-electron chi connectivity index (χ4n) is 1.21. The van der Waals surface area contributed by atoms with Gasteiger partial charge in [-0.3, -0.25) is 9.59 Å². The average Bonchev–Trinajstić information content (AvgIpc) is 2.79. The minimum absolute atomic E-state index is 0.0180. The highest BCUT2D eigenvalue weighted by Crippen LogP contribution is 2.14. The standard InChI is InChI=1S/C12H19N3O3S/c1-5-15(4)11(16)7-19-9(3)12(17)13-10-6-8(2)18-14-10/h6,9H,5,7H2,1-4H3,(H,13,14,17). The van der Waals surface area contributed by atoms with Crippen molar-refractivity contribution >= 4 is 29.4 Å². The maximum atomic E-state index is 11.8. The van der Waals surface area contributed by atoms with E-state index < -0.39 is 0 Å². The number of hydrogen-bond acceptors (Lipinski definition) is 5. The Bertz CT molecular complexity index is 447. The van der Waals surface area contributed by atoms with E-state index >= 15 is 0 Å². The number of amides is 2. The first-order valence-corrected chi connectivity index (χ1v) is 7.08. The number of nitrogens with one attached hydrogen (secondary N) is 1. The molecule has 0 radical (unpaired) electrons. The monoisotopic (exact) mass is 285 g/mol. The molecule has 6 nitrogen and oxygen atoms in total. The van der Waals surface area contributed by atoms with Crippen molar-refractivity contribution in [3.05, 3.63) is 11.8 Å². The molecule has 1 aromatic heterocycles. The number of aromatic nitrogens is 1. The lowest BCUT2D eigenvalue weighted by molar-refractivity contribution is -0.126. The van der Waals surface area contributed by atoms with Gasteiger partial charge in [0.05, 0.1) is 11.0 Å². The molecule has 0 bridgehead atoms. The number of thioether (sulfide) groups is 1. The Labute approximate surface area is 116 Å². The fraction of sp³-hybridized carbons (Fsp3) is 0.583. The van der Waals surface area contributed by atoms with E-state index in [1.165, 1.54) is 11.8 Å². The number of hydrogen-bond donors (Lipinski definition) is 1. The normalized spacial score (nSPS) is 12.0. The Balaban J connectivity index is 2.39. The Kier molecular flexibility index (Phi) is 5.88. The van der Waals surface area contributed by atoms with E-state index in [1.807, 2.05) is 6.92 Å². The number of aryl methyl sites for hydroxylation is 1. The second kappa shape index (κ2) is 7.18. The summed E-state index contributed by atoms with van der Waals surface area (Å²) in [5, 5.41) is 6.00. The average molecular weight is 285 g/mol. The van der Waals surface area contributed by atoms with Crippen LogP contribution in [0.3, 0.4) is 0 Å². The van der Waals surface area contributed by atoms with E-state index in [1.54, 1.807) is 31.9 Å². The Morgan fingerprint density at radius 2 is 2.26 bits per heavy atom. The molecule has 1 rings (SSSR count). The van der Waals surface area contributed by atoms with Gasteiger partial charge in [0.15, 0.2) is 5.82 Å². The number of anilines is 1. The van der Waals surface area contributed by atoms with Gasteiger partial charge < -0.3 is 14.7 Å². The maximum Gasteiger partial charge on any atom is 0.238 e. The Morgan fingerprint density at radius 3 is 2.79 bits per heavy atom. The van der Waals surface area contributed by atoms with Crippen LogP contribution in [0.25, 0.3) is 0 Å². The van der Waals surface area contributed by atoms with E-state index in [4.69, 9.17) is 4.52 Å². The summed E-state index contributed by atoms with van der Waals surface area (Å²) in [6, 6.07) is 1.64. The van der Waals surface area contributed by atoms with E-state index in [-0.39, 0.29) is 22.8 Å². The topological polar surface area (TPSA) is 75.4 Å². The van der Waals surface area contributed by atoms with Gasteiger partial charge in [0.25, 0.3) is 0 Å². The molecule has 1 N–H and O–H groups in total. The van der Waals surface area contributed by atoms with E-state index in [0.717, 1.165) is 0 Å².